The number of pyridine rings is 1. The molecular weight excluding hydrogens is 411 g/mol. The van der Waals surface area contributed by atoms with E-state index in [1.54, 1.807) is 30.2 Å². The van der Waals surface area contributed by atoms with Crippen molar-refractivity contribution in [3.8, 4) is 18.2 Å². The Morgan fingerprint density at radius 1 is 1.31 bits per heavy atom. The summed E-state index contributed by atoms with van der Waals surface area (Å²) < 4.78 is 15.1. The molecule has 3 aromatic rings. The third-order valence-electron chi connectivity index (χ3n) is 6.31. The van der Waals surface area contributed by atoms with Crippen LogP contribution in [0.2, 0.25) is 0 Å². The Labute approximate surface area is 184 Å². The molecule has 0 aliphatic carbocycles. The molecule has 2 fully saturated rings. The molecule has 0 radical (unpaired) electrons. The highest BCUT2D eigenvalue weighted by Gasteiger charge is 2.58. The first kappa shape index (κ1) is 20.1. The molecule has 162 valence electrons. The lowest BCUT2D eigenvalue weighted by Gasteiger charge is -2.60. The van der Waals surface area contributed by atoms with Crippen LogP contribution in [0.1, 0.15) is 28.2 Å². The van der Waals surface area contributed by atoms with Crippen molar-refractivity contribution in [1.29, 1.82) is 0 Å². The molecule has 1 amide bonds. The molecule has 3 aromatic heterocycles. The maximum atomic E-state index is 13.6. The van der Waals surface area contributed by atoms with E-state index in [4.69, 9.17) is 6.42 Å². The first-order valence-electron chi connectivity index (χ1n) is 10.3. The molecular formula is C22H21FN8O. The number of carbonyl (C=O) groups is 1. The van der Waals surface area contributed by atoms with Crippen LogP contribution in [0.15, 0.2) is 30.7 Å². The highest BCUT2D eigenvalue weighted by Crippen LogP contribution is 2.44. The van der Waals surface area contributed by atoms with Gasteiger partial charge in [-0.05, 0) is 32.4 Å². The van der Waals surface area contributed by atoms with Crippen LogP contribution in [0.3, 0.4) is 0 Å². The number of aryl methyl sites for hydroxylation is 2. The summed E-state index contributed by atoms with van der Waals surface area (Å²) in [6.45, 7) is 5.08. The van der Waals surface area contributed by atoms with Gasteiger partial charge in [0.15, 0.2) is 11.6 Å². The van der Waals surface area contributed by atoms with Gasteiger partial charge in [0.05, 0.1) is 36.4 Å². The van der Waals surface area contributed by atoms with Gasteiger partial charge in [-0.3, -0.25) is 4.79 Å². The lowest BCUT2D eigenvalue weighted by atomic mass is 9.69. The number of likely N-dealkylation sites (tertiary alicyclic amines) is 1. The number of hydrogen-bond acceptors (Lipinski definition) is 7. The molecule has 5 rings (SSSR count). The average Bonchev–Trinajstić information content (AvgIpc) is 3.31. The summed E-state index contributed by atoms with van der Waals surface area (Å²) in [5.74, 6) is 3.21. The van der Waals surface area contributed by atoms with Crippen molar-refractivity contribution in [1.82, 2.24) is 34.8 Å². The number of amides is 1. The molecule has 0 bridgehead atoms. The Morgan fingerprint density at radius 3 is 2.88 bits per heavy atom. The molecule has 0 saturated carbocycles. The summed E-state index contributed by atoms with van der Waals surface area (Å²) in [5.41, 5.74) is 0.635. The number of carbonyl (C=O) groups excluding carboxylic acids is 1. The highest BCUT2D eigenvalue weighted by molar-refractivity contribution is 5.98. The van der Waals surface area contributed by atoms with E-state index in [9.17, 15) is 9.18 Å². The smallest absolute Gasteiger partial charge is 0.258 e. The van der Waals surface area contributed by atoms with Gasteiger partial charge in [-0.15, -0.1) is 11.5 Å². The van der Waals surface area contributed by atoms with Crippen molar-refractivity contribution < 1.29 is 9.18 Å². The molecule has 9 nitrogen and oxygen atoms in total. The first-order chi connectivity index (χ1) is 15.4. The van der Waals surface area contributed by atoms with Gasteiger partial charge in [-0.2, -0.15) is 0 Å². The number of halogens is 1. The number of piperidine rings is 1. The van der Waals surface area contributed by atoms with Gasteiger partial charge in [0, 0.05) is 24.7 Å². The predicted molar refractivity (Wildman–Crippen MR) is 114 cm³/mol. The van der Waals surface area contributed by atoms with Crippen LogP contribution in [0, 0.1) is 37.9 Å². The van der Waals surface area contributed by atoms with Gasteiger partial charge in [0.25, 0.3) is 5.91 Å². The van der Waals surface area contributed by atoms with Crippen LogP contribution < -0.4 is 4.90 Å². The van der Waals surface area contributed by atoms with Crippen molar-refractivity contribution in [3.05, 3.63) is 53.5 Å². The fraction of sp³-hybridized carbons (Fsp3) is 0.364. The van der Waals surface area contributed by atoms with Crippen molar-refractivity contribution in [2.45, 2.75) is 25.8 Å². The van der Waals surface area contributed by atoms with E-state index in [1.165, 1.54) is 17.1 Å². The fourth-order valence-corrected chi connectivity index (χ4v) is 4.49. The van der Waals surface area contributed by atoms with Gasteiger partial charge < -0.3 is 9.80 Å². The maximum Gasteiger partial charge on any atom is 0.258 e. The molecule has 5 heterocycles. The van der Waals surface area contributed by atoms with E-state index < -0.39 is 11.4 Å². The minimum absolute atomic E-state index is 0.169. The Morgan fingerprint density at radius 2 is 2.16 bits per heavy atom. The molecule has 32 heavy (non-hydrogen) atoms. The van der Waals surface area contributed by atoms with E-state index in [-0.39, 0.29) is 17.5 Å². The van der Waals surface area contributed by atoms with Crippen LogP contribution in [-0.2, 0) is 0 Å². The molecule has 2 saturated heterocycles. The lowest BCUT2D eigenvalue weighted by Crippen LogP contribution is -2.75. The van der Waals surface area contributed by atoms with Crippen LogP contribution >= 0.6 is 0 Å². The highest BCUT2D eigenvalue weighted by atomic mass is 19.1. The normalized spacial score (nSPS) is 22.1. The topological polar surface area (TPSA) is 92.9 Å². The SMILES string of the molecule is C#CC12CN(c3ncc(F)c(C)n3)CCC1CN2C(=O)c1ccc(C)nc1-n1ccnn1. The first-order valence-corrected chi connectivity index (χ1v) is 10.3. The Kier molecular flexibility index (Phi) is 4.62. The molecule has 0 N–H and O–H groups in total. The number of fused-ring (bicyclic) bond motifs is 1. The third-order valence-corrected chi connectivity index (χ3v) is 6.31. The molecule has 2 atom stereocenters. The van der Waals surface area contributed by atoms with Crippen LogP contribution in [-0.4, -0.2) is 65.9 Å². The monoisotopic (exact) mass is 432 g/mol. The number of nitrogens with zero attached hydrogens (tertiary/aromatic N) is 8. The molecule has 2 aliphatic heterocycles. The number of rotatable bonds is 3. The van der Waals surface area contributed by atoms with Gasteiger partial charge in [-0.25, -0.2) is 24.0 Å². The number of terminal acetylenes is 1. The molecule has 2 aliphatic rings. The second-order valence-corrected chi connectivity index (χ2v) is 8.17. The number of anilines is 1. The molecule has 2 unspecified atom stereocenters. The van der Waals surface area contributed by atoms with Gasteiger partial charge >= 0.3 is 0 Å². The van der Waals surface area contributed by atoms with Gasteiger partial charge in [0.2, 0.25) is 5.95 Å². The van der Waals surface area contributed by atoms with Gasteiger partial charge in [0.1, 0.15) is 5.54 Å². The van der Waals surface area contributed by atoms with E-state index in [2.05, 4.69) is 31.2 Å². The van der Waals surface area contributed by atoms with Crippen LogP contribution in [0.4, 0.5) is 10.3 Å². The number of aromatic nitrogens is 6. The Hall–Kier alpha value is -3.87. The zero-order valence-corrected chi connectivity index (χ0v) is 17.7. The largest absolute Gasteiger partial charge is 0.337 e. The van der Waals surface area contributed by atoms with E-state index in [0.29, 0.717) is 37.0 Å². The van der Waals surface area contributed by atoms with Crippen LogP contribution in [0.25, 0.3) is 5.82 Å². The maximum absolute atomic E-state index is 13.6. The minimum Gasteiger partial charge on any atom is -0.337 e. The zero-order chi connectivity index (χ0) is 22.5. The Bertz CT molecular complexity index is 1240. The standard InChI is InChI=1S/C22H21FN8O/c1-4-22-13-29(21-24-11-18(23)15(3)27-21)9-7-16(22)12-30(22)20(32)17-6-5-14(2)26-19(17)31-10-8-25-28-31/h1,5-6,8,10-11,16H,7,9,12-13H2,2-3H3. The summed E-state index contributed by atoms with van der Waals surface area (Å²) in [7, 11) is 0. The van der Waals surface area contributed by atoms with Crippen molar-refractivity contribution >= 4 is 11.9 Å². The second-order valence-electron chi connectivity index (χ2n) is 8.17. The summed E-state index contributed by atoms with van der Waals surface area (Å²) in [5, 5.41) is 7.83. The van der Waals surface area contributed by atoms with Crippen molar-refractivity contribution in [2.75, 3.05) is 24.5 Å². The summed E-state index contributed by atoms with van der Waals surface area (Å²) in [6.07, 6.45) is 11.2. The quantitative estimate of drug-likeness (QED) is 0.580. The van der Waals surface area contributed by atoms with E-state index in [0.717, 1.165) is 12.1 Å². The fourth-order valence-electron chi connectivity index (χ4n) is 4.49. The number of hydrogen-bond donors (Lipinski definition) is 0. The van der Waals surface area contributed by atoms with E-state index >= 15 is 0 Å². The minimum atomic E-state index is -0.800. The average molecular weight is 432 g/mol. The predicted octanol–water partition coefficient (Wildman–Crippen LogP) is 1.56. The van der Waals surface area contributed by atoms with E-state index in [1.807, 2.05) is 11.8 Å². The molecule has 0 aromatic carbocycles. The summed E-state index contributed by atoms with van der Waals surface area (Å²) in [6, 6.07) is 3.53. The lowest BCUT2D eigenvalue weighted by molar-refractivity contribution is -0.0295. The molecule has 10 heteroatoms. The van der Waals surface area contributed by atoms with Crippen molar-refractivity contribution in [3.63, 3.8) is 0 Å². The van der Waals surface area contributed by atoms with Crippen LogP contribution in [0.5, 0.6) is 0 Å². The third kappa shape index (κ3) is 3.00. The van der Waals surface area contributed by atoms with Crippen molar-refractivity contribution in [2.24, 2.45) is 5.92 Å². The summed E-state index contributed by atoms with van der Waals surface area (Å²) in [4.78, 5) is 30.2. The second kappa shape index (κ2) is 7.37. The zero-order valence-electron chi connectivity index (χ0n) is 17.7. The van der Waals surface area contributed by atoms with Gasteiger partial charge in [-0.1, -0.05) is 11.1 Å². The molecule has 0 spiro atoms. The Balaban J connectivity index is 1.48. The summed E-state index contributed by atoms with van der Waals surface area (Å²) >= 11 is 0.